The third kappa shape index (κ3) is 5.26. The number of amides is 1. The Balaban J connectivity index is 1.40. The Hall–Kier alpha value is -2.75. The summed E-state index contributed by atoms with van der Waals surface area (Å²) in [6.45, 7) is 4.97. The third-order valence-corrected chi connectivity index (χ3v) is 7.12. The summed E-state index contributed by atoms with van der Waals surface area (Å²) in [7, 11) is 4.86. The number of carbonyl (C=O) groups excluding carboxylic acids is 1. The monoisotopic (exact) mass is 470 g/mol. The summed E-state index contributed by atoms with van der Waals surface area (Å²) in [4.78, 5) is 25.9. The number of aryl methyl sites for hydroxylation is 1. The normalized spacial score (nSPS) is 15.0. The van der Waals surface area contributed by atoms with E-state index in [2.05, 4.69) is 32.3 Å². The van der Waals surface area contributed by atoms with Gasteiger partial charge in [-0.05, 0) is 43.0 Å². The van der Waals surface area contributed by atoms with Gasteiger partial charge in [-0.3, -0.25) is 9.69 Å². The average molecular weight is 471 g/mol. The fraction of sp³-hybridized carbons (Fsp3) is 0.458. The number of benzene rings is 1. The van der Waals surface area contributed by atoms with E-state index in [-0.39, 0.29) is 11.9 Å². The maximum atomic E-state index is 13.1. The molecule has 3 aromatic rings. The van der Waals surface area contributed by atoms with Crippen LogP contribution in [0.25, 0.3) is 10.2 Å². The van der Waals surface area contributed by atoms with Gasteiger partial charge in [0, 0.05) is 32.8 Å². The number of nitrogens with zero attached hydrogens (tertiary/aromatic N) is 3. The number of methoxy groups -OCH3 is 3. The fourth-order valence-corrected chi connectivity index (χ4v) is 5.31. The van der Waals surface area contributed by atoms with E-state index in [1.54, 1.807) is 21.3 Å². The Morgan fingerprint density at radius 2 is 1.97 bits per heavy atom. The number of fused-ring (bicyclic) bond motifs is 1. The van der Waals surface area contributed by atoms with Gasteiger partial charge in [0.25, 0.3) is 5.91 Å². The Morgan fingerprint density at radius 1 is 1.18 bits per heavy atom. The second-order valence-corrected chi connectivity index (χ2v) is 9.19. The van der Waals surface area contributed by atoms with Crippen molar-refractivity contribution in [3.05, 3.63) is 46.1 Å². The predicted molar refractivity (Wildman–Crippen MR) is 128 cm³/mol. The van der Waals surface area contributed by atoms with E-state index >= 15 is 0 Å². The van der Waals surface area contributed by atoms with Gasteiger partial charge >= 0.3 is 0 Å². The van der Waals surface area contributed by atoms with Gasteiger partial charge in [-0.25, -0.2) is 4.98 Å². The quantitative estimate of drug-likeness (QED) is 0.539. The summed E-state index contributed by atoms with van der Waals surface area (Å²) in [5.74, 6) is 1.84. The van der Waals surface area contributed by atoms with Gasteiger partial charge in [0.15, 0.2) is 5.82 Å². The van der Waals surface area contributed by atoms with Crippen LogP contribution in [0.3, 0.4) is 0 Å². The van der Waals surface area contributed by atoms with Crippen molar-refractivity contribution in [1.29, 1.82) is 0 Å². The topological polar surface area (TPSA) is 85.8 Å². The minimum absolute atomic E-state index is 0.0582. The van der Waals surface area contributed by atoms with Crippen LogP contribution in [0.5, 0.6) is 11.6 Å². The van der Waals surface area contributed by atoms with Gasteiger partial charge in [0.05, 0.1) is 24.5 Å². The molecule has 9 heteroatoms. The van der Waals surface area contributed by atoms with Crippen molar-refractivity contribution in [2.45, 2.75) is 39.0 Å². The van der Waals surface area contributed by atoms with Crippen molar-refractivity contribution in [3.8, 4) is 11.6 Å². The van der Waals surface area contributed by atoms with Crippen LogP contribution in [0.15, 0.2) is 24.3 Å². The van der Waals surface area contributed by atoms with Crippen molar-refractivity contribution in [2.24, 2.45) is 0 Å². The minimum atomic E-state index is -0.0582. The first-order valence-corrected chi connectivity index (χ1v) is 11.8. The third-order valence-electron chi connectivity index (χ3n) is 5.94. The largest absolute Gasteiger partial charge is 0.497 e. The predicted octanol–water partition coefficient (Wildman–Crippen LogP) is 3.56. The van der Waals surface area contributed by atoms with E-state index in [1.165, 1.54) is 16.9 Å². The zero-order valence-corrected chi connectivity index (χ0v) is 20.3. The molecule has 0 unspecified atom stereocenters. The second kappa shape index (κ2) is 10.5. The molecule has 1 saturated heterocycles. The summed E-state index contributed by atoms with van der Waals surface area (Å²) in [5.41, 5.74) is 2.09. The standard InChI is InChI=1S/C24H30N4O4S/c1-15-20-23(32-4)26-19(14-30-2)27-24(20)33-21(15)22(29)25-17-8-10-28(11-9-17)13-16-6-5-7-18(12-16)31-3/h5-7,12,17H,8-11,13-14H2,1-4H3,(H,25,29). The second-order valence-electron chi connectivity index (χ2n) is 8.19. The molecule has 176 valence electrons. The zero-order valence-electron chi connectivity index (χ0n) is 19.5. The lowest BCUT2D eigenvalue weighted by atomic mass is 10.0. The van der Waals surface area contributed by atoms with Crippen LogP contribution in [0, 0.1) is 6.92 Å². The molecule has 1 aliphatic heterocycles. The maximum absolute atomic E-state index is 13.1. The smallest absolute Gasteiger partial charge is 0.261 e. The highest BCUT2D eigenvalue weighted by Crippen LogP contribution is 2.35. The van der Waals surface area contributed by atoms with Crippen molar-refractivity contribution in [3.63, 3.8) is 0 Å². The molecular weight excluding hydrogens is 440 g/mol. The van der Waals surface area contributed by atoms with E-state index in [4.69, 9.17) is 14.2 Å². The molecule has 0 atom stereocenters. The van der Waals surface area contributed by atoms with E-state index < -0.39 is 0 Å². The summed E-state index contributed by atoms with van der Waals surface area (Å²) < 4.78 is 15.9. The molecule has 0 saturated carbocycles. The van der Waals surface area contributed by atoms with Crippen LogP contribution in [0.1, 0.15) is 39.5 Å². The molecule has 33 heavy (non-hydrogen) atoms. The molecule has 8 nitrogen and oxygen atoms in total. The van der Waals surface area contributed by atoms with Crippen LogP contribution in [-0.4, -0.2) is 61.2 Å². The molecule has 0 aliphatic carbocycles. The Kier molecular flexibility index (Phi) is 7.42. The Labute approximate surface area is 197 Å². The van der Waals surface area contributed by atoms with Crippen molar-refractivity contribution >= 4 is 27.5 Å². The lowest BCUT2D eigenvalue weighted by Gasteiger charge is -2.32. The summed E-state index contributed by atoms with van der Waals surface area (Å²) in [6.07, 6.45) is 1.83. The lowest BCUT2D eigenvalue weighted by Crippen LogP contribution is -2.44. The highest BCUT2D eigenvalue weighted by molar-refractivity contribution is 7.20. The number of aromatic nitrogens is 2. The fourth-order valence-electron chi connectivity index (χ4n) is 4.22. The zero-order chi connectivity index (χ0) is 23.4. The number of hydrogen-bond donors (Lipinski definition) is 1. The van der Waals surface area contributed by atoms with Crippen LogP contribution in [0.2, 0.25) is 0 Å². The molecule has 0 bridgehead atoms. The van der Waals surface area contributed by atoms with E-state index in [0.29, 0.717) is 23.2 Å². The molecule has 1 amide bonds. The van der Waals surface area contributed by atoms with Gasteiger partial charge in [0.1, 0.15) is 17.2 Å². The van der Waals surface area contributed by atoms with E-state index in [0.717, 1.165) is 54.0 Å². The number of likely N-dealkylation sites (tertiary alicyclic amines) is 1. The van der Waals surface area contributed by atoms with Gasteiger partial charge in [-0.15, -0.1) is 11.3 Å². The molecule has 0 spiro atoms. The first-order chi connectivity index (χ1) is 16.0. The summed E-state index contributed by atoms with van der Waals surface area (Å²) in [5, 5.41) is 4.02. The molecule has 1 aliphatic rings. The lowest BCUT2D eigenvalue weighted by molar-refractivity contribution is 0.0912. The number of piperidine rings is 1. The van der Waals surface area contributed by atoms with Crippen LogP contribution < -0.4 is 14.8 Å². The molecule has 2 aromatic heterocycles. The number of rotatable bonds is 8. The molecule has 1 N–H and O–H groups in total. The highest BCUT2D eigenvalue weighted by atomic mass is 32.1. The van der Waals surface area contributed by atoms with E-state index in [1.807, 2.05) is 19.1 Å². The van der Waals surface area contributed by atoms with Crippen LogP contribution >= 0.6 is 11.3 Å². The van der Waals surface area contributed by atoms with Crippen molar-refractivity contribution in [1.82, 2.24) is 20.2 Å². The maximum Gasteiger partial charge on any atom is 0.261 e. The first kappa shape index (κ1) is 23.4. The van der Waals surface area contributed by atoms with Gasteiger partial charge in [-0.2, -0.15) is 4.98 Å². The molecule has 3 heterocycles. The van der Waals surface area contributed by atoms with Crippen LogP contribution in [0.4, 0.5) is 0 Å². The Morgan fingerprint density at radius 3 is 2.67 bits per heavy atom. The van der Waals surface area contributed by atoms with Gasteiger partial charge < -0.3 is 19.5 Å². The van der Waals surface area contributed by atoms with Crippen molar-refractivity contribution < 1.29 is 19.0 Å². The Bertz CT molecular complexity index is 1130. The number of nitrogens with one attached hydrogen (secondary N) is 1. The average Bonchev–Trinajstić information content (AvgIpc) is 3.16. The molecule has 1 aromatic carbocycles. The number of thiophene rings is 1. The summed E-state index contributed by atoms with van der Waals surface area (Å²) in [6, 6.07) is 8.33. The number of hydrogen-bond acceptors (Lipinski definition) is 8. The SMILES string of the molecule is COCc1nc(OC)c2c(C)c(C(=O)NC3CCN(Cc4cccc(OC)c4)CC3)sc2n1. The van der Waals surface area contributed by atoms with Crippen molar-refractivity contribution in [2.75, 3.05) is 34.4 Å². The molecule has 0 radical (unpaired) electrons. The summed E-state index contributed by atoms with van der Waals surface area (Å²) >= 11 is 1.37. The van der Waals surface area contributed by atoms with E-state index in [9.17, 15) is 4.79 Å². The number of ether oxygens (including phenoxy) is 3. The number of carbonyl (C=O) groups is 1. The van der Waals surface area contributed by atoms with Gasteiger partial charge in [0.2, 0.25) is 5.88 Å². The van der Waals surface area contributed by atoms with Crippen LogP contribution in [-0.2, 0) is 17.9 Å². The first-order valence-electron chi connectivity index (χ1n) is 11.0. The molecular formula is C24H30N4O4S. The minimum Gasteiger partial charge on any atom is -0.497 e. The highest BCUT2D eigenvalue weighted by Gasteiger charge is 2.25. The van der Waals surface area contributed by atoms with Gasteiger partial charge in [-0.1, -0.05) is 12.1 Å². The molecule has 1 fully saturated rings. The molecule has 4 rings (SSSR count).